The van der Waals surface area contributed by atoms with Gasteiger partial charge in [-0.25, -0.2) is 9.78 Å². The van der Waals surface area contributed by atoms with E-state index in [2.05, 4.69) is 10.3 Å². The van der Waals surface area contributed by atoms with E-state index in [9.17, 15) is 4.79 Å². The van der Waals surface area contributed by atoms with Crippen molar-refractivity contribution in [2.24, 2.45) is 5.92 Å². The molecular formula is C14H20N2O2. The zero-order chi connectivity index (χ0) is 13.0. The second kappa shape index (κ2) is 5.85. The summed E-state index contributed by atoms with van der Waals surface area (Å²) >= 11 is 0. The summed E-state index contributed by atoms with van der Waals surface area (Å²) in [6.07, 6.45) is 6.39. The Bertz CT molecular complexity index is 426. The number of hydrogen-bond acceptors (Lipinski definition) is 3. The highest BCUT2D eigenvalue weighted by molar-refractivity contribution is 5.93. The van der Waals surface area contributed by atoms with Crippen molar-refractivity contribution in [3.05, 3.63) is 23.4 Å². The zero-order valence-electron chi connectivity index (χ0n) is 10.8. The number of aromatic nitrogens is 1. The number of nitrogens with one attached hydrogen (secondary N) is 1. The lowest BCUT2D eigenvalue weighted by molar-refractivity contribution is 0.0697. The average molecular weight is 248 g/mol. The molecule has 0 aliphatic heterocycles. The van der Waals surface area contributed by atoms with Crippen LogP contribution in [0.5, 0.6) is 0 Å². The molecule has 1 aromatic rings. The summed E-state index contributed by atoms with van der Waals surface area (Å²) in [6, 6.07) is 3.35. The van der Waals surface area contributed by atoms with Gasteiger partial charge in [0.2, 0.25) is 0 Å². The number of anilines is 1. The van der Waals surface area contributed by atoms with Gasteiger partial charge in [0.1, 0.15) is 11.4 Å². The van der Waals surface area contributed by atoms with Gasteiger partial charge < -0.3 is 10.4 Å². The van der Waals surface area contributed by atoms with E-state index >= 15 is 0 Å². The monoisotopic (exact) mass is 248 g/mol. The second-order valence-electron chi connectivity index (χ2n) is 5.04. The van der Waals surface area contributed by atoms with Crippen LogP contribution in [0, 0.1) is 12.8 Å². The van der Waals surface area contributed by atoms with Gasteiger partial charge in [0.05, 0.1) is 0 Å². The van der Waals surface area contributed by atoms with Crippen LogP contribution in [0.1, 0.15) is 48.2 Å². The Kier molecular flexibility index (Phi) is 4.18. The van der Waals surface area contributed by atoms with Gasteiger partial charge in [0, 0.05) is 12.2 Å². The van der Waals surface area contributed by atoms with E-state index in [1.165, 1.54) is 32.1 Å². The first kappa shape index (κ1) is 12.9. The molecule has 0 spiro atoms. The van der Waals surface area contributed by atoms with Crippen LogP contribution >= 0.6 is 0 Å². The Morgan fingerprint density at radius 1 is 1.39 bits per heavy atom. The van der Waals surface area contributed by atoms with Crippen molar-refractivity contribution in [1.82, 2.24) is 4.98 Å². The van der Waals surface area contributed by atoms with Gasteiger partial charge in [0.25, 0.3) is 0 Å². The first-order chi connectivity index (χ1) is 8.66. The van der Waals surface area contributed by atoms with Gasteiger partial charge in [-0.05, 0) is 37.8 Å². The molecule has 0 saturated heterocycles. The molecule has 1 aromatic heterocycles. The number of rotatable bonds is 4. The van der Waals surface area contributed by atoms with Crippen LogP contribution in [0.25, 0.3) is 0 Å². The third-order valence-corrected chi connectivity index (χ3v) is 3.55. The fourth-order valence-electron chi connectivity index (χ4n) is 2.50. The summed E-state index contributed by atoms with van der Waals surface area (Å²) in [7, 11) is 0. The smallest absolute Gasteiger partial charge is 0.339 e. The molecule has 1 fully saturated rings. The molecule has 2 rings (SSSR count). The van der Waals surface area contributed by atoms with Crippen LogP contribution in [0.4, 0.5) is 5.82 Å². The fraction of sp³-hybridized carbons (Fsp3) is 0.571. The lowest BCUT2D eigenvalue weighted by atomic mass is 9.89. The molecule has 0 bridgehead atoms. The molecule has 0 atom stereocenters. The third-order valence-electron chi connectivity index (χ3n) is 3.55. The highest BCUT2D eigenvalue weighted by Gasteiger charge is 2.16. The Labute approximate surface area is 107 Å². The summed E-state index contributed by atoms with van der Waals surface area (Å²) < 4.78 is 0. The molecule has 18 heavy (non-hydrogen) atoms. The highest BCUT2D eigenvalue weighted by Crippen LogP contribution is 2.24. The quantitative estimate of drug-likeness (QED) is 0.859. The molecular weight excluding hydrogens is 228 g/mol. The van der Waals surface area contributed by atoms with Crippen molar-refractivity contribution >= 4 is 11.8 Å². The van der Waals surface area contributed by atoms with Crippen molar-refractivity contribution in [2.75, 3.05) is 11.9 Å². The number of carboxylic acids is 1. The lowest BCUT2D eigenvalue weighted by Gasteiger charge is -2.22. The van der Waals surface area contributed by atoms with E-state index in [1.807, 2.05) is 6.92 Å². The lowest BCUT2D eigenvalue weighted by Crippen LogP contribution is -2.19. The topological polar surface area (TPSA) is 62.2 Å². The number of nitrogens with zero attached hydrogens (tertiary/aromatic N) is 1. The van der Waals surface area contributed by atoms with Crippen LogP contribution in [-0.2, 0) is 0 Å². The largest absolute Gasteiger partial charge is 0.478 e. The SMILES string of the molecule is Cc1ccc(C(=O)O)c(NCC2CCCCC2)n1. The zero-order valence-corrected chi connectivity index (χ0v) is 10.8. The van der Waals surface area contributed by atoms with Gasteiger partial charge in [0.15, 0.2) is 0 Å². The van der Waals surface area contributed by atoms with Gasteiger partial charge in [-0.1, -0.05) is 19.3 Å². The minimum Gasteiger partial charge on any atom is -0.478 e. The summed E-state index contributed by atoms with van der Waals surface area (Å²) in [5, 5.41) is 12.3. The van der Waals surface area contributed by atoms with E-state index in [0.717, 1.165) is 12.2 Å². The molecule has 98 valence electrons. The van der Waals surface area contributed by atoms with E-state index in [1.54, 1.807) is 12.1 Å². The van der Waals surface area contributed by atoms with Crippen molar-refractivity contribution in [2.45, 2.75) is 39.0 Å². The summed E-state index contributed by atoms with van der Waals surface area (Å²) in [5.74, 6) is 0.240. The molecule has 2 N–H and O–H groups in total. The van der Waals surface area contributed by atoms with Gasteiger partial charge in [-0.15, -0.1) is 0 Å². The van der Waals surface area contributed by atoms with Crippen molar-refractivity contribution in [1.29, 1.82) is 0 Å². The molecule has 0 radical (unpaired) electrons. The average Bonchev–Trinajstić information content (AvgIpc) is 2.37. The van der Waals surface area contributed by atoms with E-state index in [0.29, 0.717) is 11.7 Å². The number of aromatic carboxylic acids is 1. The number of pyridine rings is 1. The summed E-state index contributed by atoms with van der Waals surface area (Å²) in [4.78, 5) is 15.4. The Morgan fingerprint density at radius 2 is 2.11 bits per heavy atom. The Balaban J connectivity index is 2.03. The molecule has 0 amide bonds. The predicted molar refractivity (Wildman–Crippen MR) is 71.0 cm³/mol. The number of carboxylic acid groups (broad SMARTS) is 1. The number of carbonyl (C=O) groups is 1. The van der Waals surface area contributed by atoms with E-state index in [4.69, 9.17) is 5.11 Å². The summed E-state index contributed by atoms with van der Waals surface area (Å²) in [6.45, 7) is 2.70. The van der Waals surface area contributed by atoms with Crippen LogP contribution < -0.4 is 5.32 Å². The van der Waals surface area contributed by atoms with Gasteiger partial charge >= 0.3 is 5.97 Å². The third kappa shape index (κ3) is 3.22. The maximum atomic E-state index is 11.1. The molecule has 1 saturated carbocycles. The van der Waals surface area contributed by atoms with Crippen LogP contribution in [0.15, 0.2) is 12.1 Å². The van der Waals surface area contributed by atoms with Crippen molar-refractivity contribution < 1.29 is 9.90 Å². The van der Waals surface area contributed by atoms with Gasteiger partial charge in [-0.2, -0.15) is 0 Å². The second-order valence-corrected chi connectivity index (χ2v) is 5.04. The maximum Gasteiger partial charge on any atom is 0.339 e. The Hall–Kier alpha value is -1.58. The molecule has 4 nitrogen and oxygen atoms in total. The minimum atomic E-state index is -0.923. The van der Waals surface area contributed by atoms with Crippen molar-refractivity contribution in [3.63, 3.8) is 0 Å². The molecule has 1 heterocycles. The molecule has 4 heteroatoms. The molecule has 1 aliphatic rings. The fourth-order valence-corrected chi connectivity index (χ4v) is 2.50. The highest BCUT2D eigenvalue weighted by atomic mass is 16.4. The summed E-state index contributed by atoms with van der Waals surface area (Å²) in [5.41, 5.74) is 1.10. The van der Waals surface area contributed by atoms with Crippen LogP contribution in [0.2, 0.25) is 0 Å². The van der Waals surface area contributed by atoms with E-state index in [-0.39, 0.29) is 5.56 Å². The van der Waals surface area contributed by atoms with E-state index < -0.39 is 5.97 Å². The van der Waals surface area contributed by atoms with Gasteiger partial charge in [-0.3, -0.25) is 0 Å². The normalized spacial score (nSPS) is 16.5. The Morgan fingerprint density at radius 3 is 2.78 bits per heavy atom. The standard InChI is InChI=1S/C14H20N2O2/c1-10-7-8-12(14(17)18)13(16-10)15-9-11-5-3-2-4-6-11/h7-8,11H,2-6,9H2,1H3,(H,15,16)(H,17,18). The molecule has 0 aromatic carbocycles. The van der Waals surface area contributed by atoms with Crippen molar-refractivity contribution in [3.8, 4) is 0 Å². The number of aryl methyl sites for hydroxylation is 1. The van der Waals surface area contributed by atoms with Crippen LogP contribution in [-0.4, -0.2) is 22.6 Å². The maximum absolute atomic E-state index is 11.1. The molecule has 0 unspecified atom stereocenters. The predicted octanol–water partition coefficient (Wildman–Crippen LogP) is 3.08. The molecule has 1 aliphatic carbocycles. The minimum absolute atomic E-state index is 0.261. The first-order valence-electron chi connectivity index (χ1n) is 6.61. The first-order valence-corrected chi connectivity index (χ1v) is 6.61. The number of hydrogen-bond donors (Lipinski definition) is 2. The van der Waals surface area contributed by atoms with Crippen LogP contribution in [0.3, 0.4) is 0 Å².